The number of rotatable bonds is 0. The van der Waals surface area contributed by atoms with E-state index >= 15 is 0 Å². The highest BCUT2D eigenvalue weighted by atomic mass is 16.5. The fourth-order valence-corrected chi connectivity index (χ4v) is 0.687. The molecule has 0 aromatic rings. The molecule has 1 unspecified atom stereocenters. The molecule has 0 saturated heterocycles. The van der Waals surface area contributed by atoms with E-state index in [9.17, 15) is 0 Å². The van der Waals surface area contributed by atoms with Crippen LogP contribution in [0.2, 0.25) is 0 Å². The van der Waals surface area contributed by atoms with Gasteiger partial charge in [-0.3, -0.25) is 4.90 Å². The molecule has 0 aliphatic carbocycles. The molecule has 0 radical (unpaired) electrons. The minimum Gasteiger partial charge on any atom is -0.456 e. The van der Waals surface area contributed by atoms with Gasteiger partial charge in [0.15, 0.2) is 0 Å². The van der Waals surface area contributed by atoms with Crippen LogP contribution in [0.1, 0.15) is 0 Å². The first kappa shape index (κ1) is 3.75. The van der Waals surface area contributed by atoms with Gasteiger partial charge in [-0.2, -0.15) is 4.99 Å². The Balaban J connectivity index is 2.31. The van der Waals surface area contributed by atoms with Crippen LogP contribution in [0, 0.1) is 0 Å². The zero-order valence-corrected chi connectivity index (χ0v) is 4.11. The number of ether oxygens (including phenoxy) is 1. The van der Waals surface area contributed by atoms with Crippen molar-refractivity contribution in [2.75, 3.05) is 0 Å². The summed E-state index contributed by atoms with van der Waals surface area (Å²) < 4.78 is 4.96. The van der Waals surface area contributed by atoms with E-state index in [0.717, 1.165) is 0 Å². The number of aliphatic imine (C=N–C) groups is 1. The van der Waals surface area contributed by atoms with Crippen LogP contribution in [0.3, 0.4) is 0 Å². The second-order valence-corrected chi connectivity index (χ2v) is 1.58. The van der Waals surface area contributed by atoms with Gasteiger partial charge in [0, 0.05) is 12.1 Å². The van der Waals surface area contributed by atoms with Gasteiger partial charge >= 0.3 is 0 Å². The molecular formula is C5H4N2O. The predicted molar refractivity (Wildman–Crippen MR) is 27.9 cm³/mol. The monoisotopic (exact) mass is 108 g/mol. The molecule has 2 aliphatic rings. The molecule has 8 heavy (non-hydrogen) atoms. The fourth-order valence-electron chi connectivity index (χ4n) is 0.687. The summed E-state index contributed by atoms with van der Waals surface area (Å²) in [4.78, 5) is 5.67. The van der Waals surface area contributed by atoms with Crippen LogP contribution in [0.5, 0.6) is 0 Å². The standard InChI is InChI=1S/C5H4N2O/c1-2-7-3-4-8-5(7)6-1/h2-5H. The van der Waals surface area contributed by atoms with E-state index in [4.69, 9.17) is 4.74 Å². The zero-order chi connectivity index (χ0) is 5.40. The van der Waals surface area contributed by atoms with E-state index in [1.54, 1.807) is 12.5 Å². The Morgan fingerprint density at radius 3 is 3.62 bits per heavy atom. The minimum atomic E-state index is -0.144. The van der Waals surface area contributed by atoms with Gasteiger partial charge < -0.3 is 4.74 Å². The van der Waals surface area contributed by atoms with Gasteiger partial charge in [-0.05, 0) is 0 Å². The van der Waals surface area contributed by atoms with Crippen LogP contribution in [-0.4, -0.2) is 17.1 Å². The SMILES string of the molecule is C1=CN2C=COC2N=1. The van der Waals surface area contributed by atoms with Crippen molar-refractivity contribution in [2.45, 2.75) is 6.35 Å². The molecular weight excluding hydrogens is 104 g/mol. The van der Waals surface area contributed by atoms with Crippen molar-refractivity contribution in [3.8, 4) is 0 Å². The van der Waals surface area contributed by atoms with Crippen molar-refractivity contribution in [1.82, 2.24) is 4.90 Å². The first-order chi connectivity index (χ1) is 3.97. The predicted octanol–water partition coefficient (Wildman–Crippen LogP) is 0.270. The third-order valence-corrected chi connectivity index (χ3v) is 1.08. The lowest BCUT2D eigenvalue weighted by molar-refractivity contribution is 0.101. The second-order valence-electron chi connectivity index (χ2n) is 1.58. The van der Waals surface area contributed by atoms with Crippen molar-refractivity contribution < 1.29 is 4.74 Å². The lowest BCUT2D eigenvalue weighted by Crippen LogP contribution is -2.16. The maximum Gasteiger partial charge on any atom is 0.281 e. The Kier molecular flexibility index (Phi) is 0.535. The Morgan fingerprint density at radius 1 is 1.75 bits per heavy atom. The normalized spacial score (nSPS) is 29.0. The molecule has 0 spiro atoms. The number of nitrogens with zero attached hydrogens (tertiary/aromatic N) is 2. The van der Waals surface area contributed by atoms with E-state index in [1.807, 2.05) is 11.1 Å². The van der Waals surface area contributed by atoms with Gasteiger partial charge in [0.25, 0.3) is 6.35 Å². The molecule has 1 atom stereocenters. The highest BCUT2D eigenvalue weighted by molar-refractivity contribution is 5.54. The van der Waals surface area contributed by atoms with E-state index in [1.165, 1.54) is 0 Å². The Labute approximate surface area is 46.6 Å². The molecule has 2 rings (SSSR count). The largest absolute Gasteiger partial charge is 0.456 e. The molecule has 0 amide bonds. The van der Waals surface area contributed by atoms with Crippen LogP contribution in [0.15, 0.2) is 23.7 Å². The van der Waals surface area contributed by atoms with Gasteiger partial charge in [0.1, 0.15) is 6.26 Å². The Morgan fingerprint density at radius 2 is 2.75 bits per heavy atom. The van der Waals surface area contributed by atoms with Crippen molar-refractivity contribution in [3.05, 3.63) is 18.7 Å². The molecule has 0 fully saturated rings. The second kappa shape index (κ2) is 1.14. The third kappa shape index (κ3) is 0.315. The highest BCUT2D eigenvalue weighted by Crippen LogP contribution is 2.13. The van der Waals surface area contributed by atoms with Crippen LogP contribution < -0.4 is 0 Å². The molecule has 0 N–H and O–H groups in total. The smallest absolute Gasteiger partial charge is 0.281 e. The maximum atomic E-state index is 4.96. The van der Waals surface area contributed by atoms with E-state index < -0.39 is 0 Å². The van der Waals surface area contributed by atoms with E-state index in [-0.39, 0.29) is 6.35 Å². The van der Waals surface area contributed by atoms with Crippen molar-refractivity contribution >= 4 is 5.87 Å². The van der Waals surface area contributed by atoms with E-state index in [2.05, 4.69) is 10.9 Å². The molecule has 3 heteroatoms. The molecule has 2 aliphatic heterocycles. The molecule has 0 saturated carbocycles. The van der Waals surface area contributed by atoms with E-state index in [0.29, 0.717) is 0 Å². The van der Waals surface area contributed by atoms with Crippen molar-refractivity contribution in [2.24, 2.45) is 4.99 Å². The lowest BCUT2D eigenvalue weighted by Gasteiger charge is -2.08. The summed E-state index contributed by atoms with van der Waals surface area (Å²) >= 11 is 0. The van der Waals surface area contributed by atoms with Crippen LogP contribution in [0.4, 0.5) is 0 Å². The molecule has 3 nitrogen and oxygen atoms in total. The molecule has 2 heterocycles. The summed E-state index contributed by atoms with van der Waals surface area (Å²) in [6, 6.07) is 0. The van der Waals surface area contributed by atoms with Crippen LogP contribution in [0.25, 0.3) is 0 Å². The van der Waals surface area contributed by atoms with Gasteiger partial charge in [-0.1, -0.05) is 0 Å². The average Bonchev–Trinajstić information content (AvgIpc) is 2.15. The fraction of sp³-hybridized carbons (Fsp3) is 0.200. The lowest BCUT2D eigenvalue weighted by atomic mass is 10.8. The number of fused-ring (bicyclic) bond motifs is 1. The first-order valence-corrected chi connectivity index (χ1v) is 2.35. The van der Waals surface area contributed by atoms with Crippen LogP contribution in [-0.2, 0) is 4.74 Å². The zero-order valence-electron chi connectivity index (χ0n) is 4.11. The summed E-state index contributed by atoms with van der Waals surface area (Å²) in [7, 11) is 0. The highest BCUT2D eigenvalue weighted by Gasteiger charge is 2.18. The molecule has 40 valence electrons. The third-order valence-electron chi connectivity index (χ3n) is 1.08. The summed E-state index contributed by atoms with van der Waals surface area (Å²) in [5.74, 6) is 2.67. The quantitative estimate of drug-likeness (QED) is 0.445. The Bertz CT molecular complexity index is 191. The first-order valence-electron chi connectivity index (χ1n) is 2.35. The van der Waals surface area contributed by atoms with Gasteiger partial charge in [-0.25, -0.2) is 0 Å². The number of hydrogen-bond acceptors (Lipinski definition) is 3. The average molecular weight is 108 g/mol. The summed E-state index contributed by atoms with van der Waals surface area (Å²) in [6.07, 6.45) is 5.03. The summed E-state index contributed by atoms with van der Waals surface area (Å²) in [5, 5.41) is 0. The summed E-state index contributed by atoms with van der Waals surface area (Å²) in [6.45, 7) is 0. The summed E-state index contributed by atoms with van der Waals surface area (Å²) in [5.41, 5.74) is 0. The van der Waals surface area contributed by atoms with Gasteiger partial charge in [0.2, 0.25) is 0 Å². The minimum absolute atomic E-state index is 0.144. The topological polar surface area (TPSA) is 24.8 Å². The Hall–Kier alpha value is -1.21. The molecule has 0 aromatic carbocycles. The van der Waals surface area contributed by atoms with Crippen molar-refractivity contribution in [1.29, 1.82) is 0 Å². The van der Waals surface area contributed by atoms with Crippen molar-refractivity contribution in [3.63, 3.8) is 0 Å². The van der Waals surface area contributed by atoms with Gasteiger partial charge in [0.05, 0.1) is 6.20 Å². The van der Waals surface area contributed by atoms with Crippen LogP contribution >= 0.6 is 0 Å². The number of hydrogen-bond donors (Lipinski definition) is 0. The molecule has 0 aromatic heterocycles. The molecule has 0 bridgehead atoms. The van der Waals surface area contributed by atoms with Gasteiger partial charge in [-0.15, -0.1) is 0 Å². The maximum absolute atomic E-state index is 4.96.